The Hall–Kier alpha value is -2.70. The number of hydrogen-bond acceptors (Lipinski definition) is 4. The first-order valence-electron chi connectivity index (χ1n) is 8.19. The van der Waals surface area contributed by atoms with E-state index in [1.165, 1.54) is 17.4 Å². The van der Waals surface area contributed by atoms with Crippen LogP contribution in [0.1, 0.15) is 20.9 Å². The molecule has 136 valence electrons. The summed E-state index contributed by atoms with van der Waals surface area (Å²) in [5.74, 6) is -0.892. The van der Waals surface area contributed by atoms with Crippen molar-refractivity contribution in [1.82, 2.24) is 9.78 Å². The van der Waals surface area contributed by atoms with Crippen molar-refractivity contribution in [3.63, 3.8) is 0 Å². The van der Waals surface area contributed by atoms with Crippen molar-refractivity contribution in [2.75, 3.05) is 0 Å². The summed E-state index contributed by atoms with van der Waals surface area (Å²) < 4.78 is 20.7. The lowest BCUT2D eigenvalue weighted by Gasteiger charge is -2.05. The van der Waals surface area contributed by atoms with E-state index in [1.54, 1.807) is 35.0 Å². The van der Waals surface area contributed by atoms with Gasteiger partial charge in [-0.1, -0.05) is 41.9 Å². The molecule has 4 nitrogen and oxygen atoms in total. The van der Waals surface area contributed by atoms with Crippen molar-refractivity contribution < 1.29 is 13.9 Å². The number of hydrogen-bond donors (Lipinski definition) is 0. The van der Waals surface area contributed by atoms with Gasteiger partial charge in [-0.3, -0.25) is 0 Å². The van der Waals surface area contributed by atoms with Crippen LogP contribution in [-0.4, -0.2) is 15.7 Å². The number of benzene rings is 2. The molecule has 0 aliphatic carbocycles. The van der Waals surface area contributed by atoms with Gasteiger partial charge in [0.1, 0.15) is 22.1 Å². The number of carbonyl (C=O) groups excluding carboxylic acids is 1. The van der Waals surface area contributed by atoms with E-state index in [0.717, 1.165) is 21.6 Å². The highest BCUT2D eigenvalue weighted by molar-refractivity contribution is 7.20. The number of esters is 1. The van der Waals surface area contributed by atoms with Gasteiger partial charge in [-0.15, -0.1) is 11.3 Å². The summed E-state index contributed by atoms with van der Waals surface area (Å²) in [4.78, 5) is 13.7. The topological polar surface area (TPSA) is 44.1 Å². The summed E-state index contributed by atoms with van der Waals surface area (Å²) in [5, 5.41) is 5.95. The third kappa shape index (κ3) is 3.34. The number of rotatable bonds is 4. The molecule has 0 spiro atoms. The molecule has 0 saturated heterocycles. The molecule has 7 heteroatoms. The second-order valence-corrected chi connectivity index (χ2v) is 7.38. The number of para-hydroxylation sites is 1. The predicted molar refractivity (Wildman–Crippen MR) is 104 cm³/mol. The van der Waals surface area contributed by atoms with E-state index in [9.17, 15) is 9.18 Å². The molecule has 0 unspecified atom stereocenters. The van der Waals surface area contributed by atoms with E-state index < -0.39 is 11.8 Å². The minimum absolute atomic E-state index is 0.116. The van der Waals surface area contributed by atoms with Crippen LogP contribution in [0, 0.1) is 12.7 Å². The third-order valence-corrected chi connectivity index (χ3v) is 5.55. The van der Waals surface area contributed by atoms with E-state index >= 15 is 0 Å². The van der Waals surface area contributed by atoms with Crippen LogP contribution >= 0.6 is 22.9 Å². The van der Waals surface area contributed by atoms with Crippen molar-refractivity contribution in [3.8, 4) is 5.69 Å². The fraction of sp³-hybridized carbons (Fsp3) is 0.100. The van der Waals surface area contributed by atoms with Crippen LogP contribution in [0.2, 0.25) is 5.02 Å². The lowest BCUT2D eigenvalue weighted by Crippen LogP contribution is -2.04. The first kappa shape index (κ1) is 17.7. The SMILES string of the molecule is Cc1nn(-c2ccccc2Cl)c2sc(C(=O)OCc3ccccc3F)cc12. The van der Waals surface area contributed by atoms with Crippen LogP contribution in [0.15, 0.2) is 54.6 Å². The molecule has 2 aromatic heterocycles. The molecule has 0 saturated carbocycles. The number of thiophene rings is 1. The second kappa shape index (κ2) is 7.13. The number of fused-ring (bicyclic) bond motifs is 1. The summed E-state index contributed by atoms with van der Waals surface area (Å²) in [6.07, 6.45) is 0. The molecular weight excluding hydrogens is 387 g/mol. The largest absolute Gasteiger partial charge is 0.457 e. The highest BCUT2D eigenvalue weighted by Gasteiger charge is 2.19. The maximum absolute atomic E-state index is 13.7. The van der Waals surface area contributed by atoms with Crippen molar-refractivity contribution in [3.05, 3.63) is 81.6 Å². The van der Waals surface area contributed by atoms with Crippen molar-refractivity contribution in [1.29, 1.82) is 0 Å². The second-order valence-electron chi connectivity index (χ2n) is 5.95. The average Bonchev–Trinajstić information content (AvgIpc) is 3.22. The van der Waals surface area contributed by atoms with Crippen LogP contribution in [0.3, 0.4) is 0 Å². The van der Waals surface area contributed by atoms with Gasteiger partial charge >= 0.3 is 5.97 Å². The Morgan fingerprint density at radius 2 is 1.96 bits per heavy atom. The van der Waals surface area contributed by atoms with Gasteiger partial charge in [0.05, 0.1) is 16.4 Å². The summed E-state index contributed by atoms with van der Waals surface area (Å²) in [5.41, 5.74) is 1.87. The van der Waals surface area contributed by atoms with E-state index in [1.807, 2.05) is 25.1 Å². The zero-order valence-electron chi connectivity index (χ0n) is 14.3. The minimum Gasteiger partial charge on any atom is -0.457 e. The molecule has 0 N–H and O–H groups in total. The molecule has 0 fully saturated rings. The number of nitrogens with zero attached hydrogens (tertiary/aromatic N) is 2. The highest BCUT2D eigenvalue weighted by Crippen LogP contribution is 2.32. The zero-order chi connectivity index (χ0) is 19.0. The molecule has 4 rings (SSSR count). The fourth-order valence-corrected chi connectivity index (χ4v) is 4.05. The van der Waals surface area contributed by atoms with E-state index in [0.29, 0.717) is 15.5 Å². The van der Waals surface area contributed by atoms with Gasteiger partial charge in [0.15, 0.2) is 0 Å². The van der Waals surface area contributed by atoms with Crippen LogP contribution < -0.4 is 0 Å². The first-order valence-corrected chi connectivity index (χ1v) is 9.38. The van der Waals surface area contributed by atoms with Gasteiger partial charge in [-0.05, 0) is 31.2 Å². The van der Waals surface area contributed by atoms with Crippen molar-refractivity contribution in [2.24, 2.45) is 0 Å². The van der Waals surface area contributed by atoms with Crippen molar-refractivity contribution >= 4 is 39.1 Å². The van der Waals surface area contributed by atoms with Gasteiger partial charge in [-0.2, -0.15) is 5.10 Å². The third-order valence-electron chi connectivity index (χ3n) is 4.14. The fourth-order valence-electron chi connectivity index (χ4n) is 2.76. The zero-order valence-corrected chi connectivity index (χ0v) is 15.9. The van der Waals surface area contributed by atoms with Gasteiger partial charge in [0, 0.05) is 10.9 Å². The summed E-state index contributed by atoms with van der Waals surface area (Å²) in [6, 6.07) is 15.3. The van der Waals surface area contributed by atoms with Crippen LogP contribution in [-0.2, 0) is 11.3 Å². The lowest BCUT2D eigenvalue weighted by atomic mass is 10.2. The molecule has 0 atom stereocenters. The monoisotopic (exact) mass is 400 g/mol. The maximum Gasteiger partial charge on any atom is 0.348 e. The Labute approximate surface area is 163 Å². The Kier molecular flexibility index (Phi) is 4.68. The number of aryl methyl sites for hydroxylation is 1. The summed E-state index contributed by atoms with van der Waals surface area (Å²) in [6.45, 7) is 1.76. The molecule has 0 radical (unpaired) electrons. The molecule has 0 bridgehead atoms. The normalized spacial score (nSPS) is 11.1. The molecule has 27 heavy (non-hydrogen) atoms. The summed E-state index contributed by atoms with van der Waals surface area (Å²) >= 11 is 7.56. The van der Waals surface area contributed by atoms with Crippen LogP contribution in [0.4, 0.5) is 4.39 Å². The molecule has 2 aromatic carbocycles. The first-order chi connectivity index (χ1) is 13.0. The maximum atomic E-state index is 13.7. The molecule has 0 amide bonds. The molecule has 2 heterocycles. The van der Waals surface area contributed by atoms with E-state index in [4.69, 9.17) is 16.3 Å². The molecule has 0 aliphatic rings. The number of aromatic nitrogens is 2. The Morgan fingerprint density at radius 3 is 2.74 bits per heavy atom. The Morgan fingerprint density at radius 1 is 1.22 bits per heavy atom. The quantitative estimate of drug-likeness (QED) is 0.422. The molecule has 4 aromatic rings. The number of ether oxygens (including phenoxy) is 1. The van der Waals surface area contributed by atoms with Gasteiger partial charge < -0.3 is 4.74 Å². The number of carbonyl (C=O) groups is 1. The van der Waals surface area contributed by atoms with E-state index in [2.05, 4.69) is 5.10 Å². The smallest absolute Gasteiger partial charge is 0.348 e. The summed E-state index contributed by atoms with van der Waals surface area (Å²) in [7, 11) is 0. The minimum atomic E-state index is -0.496. The molecular formula is C20H14ClFN2O2S. The van der Waals surface area contributed by atoms with Gasteiger partial charge in [0.2, 0.25) is 0 Å². The average molecular weight is 401 g/mol. The molecule has 0 aliphatic heterocycles. The lowest BCUT2D eigenvalue weighted by molar-refractivity contribution is 0.0475. The Balaban J connectivity index is 1.64. The van der Waals surface area contributed by atoms with Gasteiger partial charge in [-0.25, -0.2) is 13.9 Å². The van der Waals surface area contributed by atoms with Crippen molar-refractivity contribution in [2.45, 2.75) is 13.5 Å². The van der Waals surface area contributed by atoms with E-state index in [-0.39, 0.29) is 6.61 Å². The Bertz CT molecular complexity index is 1150. The standard InChI is InChI=1S/C20H14ClFN2O2S/c1-12-14-10-18(20(25)26-11-13-6-2-4-8-16(13)22)27-19(14)24(23-12)17-9-5-3-7-15(17)21/h2-10H,11H2,1H3. The van der Waals surface area contributed by atoms with Crippen LogP contribution in [0.5, 0.6) is 0 Å². The highest BCUT2D eigenvalue weighted by atomic mass is 35.5. The van der Waals surface area contributed by atoms with Crippen LogP contribution in [0.25, 0.3) is 15.9 Å². The number of halogens is 2. The van der Waals surface area contributed by atoms with Gasteiger partial charge in [0.25, 0.3) is 0 Å². The predicted octanol–water partition coefficient (Wildman–Crippen LogP) is 5.54.